The van der Waals surface area contributed by atoms with Crippen LogP contribution in [0.5, 0.6) is 0 Å². The van der Waals surface area contributed by atoms with E-state index in [4.69, 9.17) is 0 Å². The Kier molecular flexibility index (Phi) is 11.7. The average molecular weight is 331 g/mol. The molecular weight excluding hydrogens is 299 g/mol. The van der Waals surface area contributed by atoms with Gasteiger partial charge in [0.1, 0.15) is 0 Å². The van der Waals surface area contributed by atoms with Crippen molar-refractivity contribution < 1.29 is 16.5 Å². The van der Waals surface area contributed by atoms with Gasteiger partial charge in [0.15, 0.2) is 0 Å². The molecule has 0 aromatic heterocycles. The molecule has 0 saturated heterocycles. The Morgan fingerprint density at radius 1 is 0.476 bits per heavy atom. The van der Waals surface area contributed by atoms with Crippen molar-refractivity contribution in [3.63, 3.8) is 0 Å². The van der Waals surface area contributed by atoms with E-state index in [-0.39, 0.29) is 16.5 Å². The fraction of sp³-hybridized carbons (Fsp3) is 0.600. The Bertz CT molecular complexity index is 290. The first-order valence-corrected chi connectivity index (χ1v) is 8.24. The van der Waals surface area contributed by atoms with Crippen molar-refractivity contribution in [3.05, 3.63) is 48.6 Å². The zero-order valence-electron chi connectivity index (χ0n) is 14.1. The van der Waals surface area contributed by atoms with E-state index in [1.54, 1.807) is 0 Å². The summed E-state index contributed by atoms with van der Waals surface area (Å²) in [7, 11) is 0. The summed E-state index contributed by atoms with van der Waals surface area (Å²) in [4.78, 5) is 0. The second-order valence-electron chi connectivity index (χ2n) is 6.56. The van der Waals surface area contributed by atoms with E-state index in [2.05, 4.69) is 76.3 Å². The Balaban J connectivity index is 0.000000364. The third-order valence-electron chi connectivity index (χ3n) is 3.89. The van der Waals surface area contributed by atoms with E-state index in [9.17, 15) is 0 Å². The second-order valence-corrected chi connectivity index (χ2v) is 6.56. The summed E-state index contributed by atoms with van der Waals surface area (Å²) in [6.07, 6.45) is 23.3. The molecule has 2 rings (SSSR count). The summed E-state index contributed by atoms with van der Waals surface area (Å²) in [5, 5.41) is 0. The first kappa shape index (κ1) is 20.5. The van der Waals surface area contributed by atoms with Gasteiger partial charge in [0.05, 0.1) is 0 Å². The molecular formula is C20H32Ni. The molecule has 0 saturated carbocycles. The van der Waals surface area contributed by atoms with Gasteiger partial charge in [-0.25, -0.2) is 0 Å². The Labute approximate surface area is 142 Å². The van der Waals surface area contributed by atoms with E-state index in [1.807, 2.05) is 0 Å². The molecule has 0 heterocycles. The maximum Gasteiger partial charge on any atom is 0 e. The monoisotopic (exact) mass is 330 g/mol. The number of hydrogen-bond donors (Lipinski definition) is 0. The largest absolute Gasteiger partial charge is 0.0877 e. The summed E-state index contributed by atoms with van der Waals surface area (Å²) < 4.78 is 0. The molecule has 0 aromatic carbocycles. The van der Waals surface area contributed by atoms with Crippen LogP contribution in [0, 0.1) is 23.7 Å². The molecule has 2 aliphatic rings. The summed E-state index contributed by atoms with van der Waals surface area (Å²) in [5.74, 6) is 2.96. The van der Waals surface area contributed by atoms with Crippen LogP contribution in [0.3, 0.4) is 0 Å². The average Bonchev–Trinajstić information content (AvgIpc) is 2.35. The van der Waals surface area contributed by atoms with Crippen molar-refractivity contribution in [3.8, 4) is 0 Å². The topological polar surface area (TPSA) is 0 Å². The summed E-state index contributed by atoms with van der Waals surface area (Å²) in [6.45, 7) is 9.04. The summed E-state index contributed by atoms with van der Waals surface area (Å²) in [6, 6.07) is 0. The third kappa shape index (κ3) is 10.8. The van der Waals surface area contributed by atoms with Crippen molar-refractivity contribution in [2.45, 2.75) is 53.4 Å². The van der Waals surface area contributed by atoms with E-state index in [1.165, 1.54) is 25.7 Å². The fourth-order valence-electron chi connectivity index (χ4n) is 2.42. The van der Waals surface area contributed by atoms with Crippen molar-refractivity contribution in [2.24, 2.45) is 23.7 Å². The number of rotatable bonds is 0. The van der Waals surface area contributed by atoms with Gasteiger partial charge in [0.25, 0.3) is 0 Å². The molecule has 0 aromatic rings. The SMILES string of the molecule is CC1C=CCC(C)C=CC1.CC1C=CCC(C)C=CC1.[Ni]. The van der Waals surface area contributed by atoms with Gasteiger partial charge >= 0.3 is 0 Å². The molecule has 0 N–H and O–H groups in total. The van der Waals surface area contributed by atoms with E-state index >= 15 is 0 Å². The Morgan fingerprint density at radius 2 is 0.667 bits per heavy atom. The summed E-state index contributed by atoms with van der Waals surface area (Å²) >= 11 is 0. The molecule has 0 aliphatic heterocycles. The molecule has 0 bridgehead atoms. The van der Waals surface area contributed by atoms with Crippen LogP contribution in [0.1, 0.15) is 53.4 Å². The maximum atomic E-state index is 2.32. The molecule has 0 amide bonds. The number of allylic oxidation sites excluding steroid dienone is 8. The summed E-state index contributed by atoms with van der Waals surface area (Å²) in [5.41, 5.74) is 0. The van der Waals surface area contributed by atoms with Gasteiger partial charge in [-0.05, 0) is 49.4 Å². The predicted octanol–water partition coefficient (Wildman–Crippen LogP) is 6.33. The molecule has 4 atom stereocenters. The fourth-order valence-corrected chi connectivity index (χ4v) is 2.42. The maximum absolute atomic E-state index is 2.32. The van der Waals surface area contributed by atoms with Crippen LogP contribution in [0.25, 0.3) is 0 Å². The van der Waals surface area contributed by atoms with E-state index in [0.717, 1.165) is 23.7 Å². The zero-order chi connectivity index (χ0) is 14.8. The Morgan fingerprint density at radius 3 is 0.857 bits per heavy atom. The van der Waals surface area contributed by atoms with Gasteiger partial charge in [-0.15, -0.1) is 0 Å². The normalized spacial score (nSPS) is 31.8. The van der Waals surface area contributed by atoms with Crippen LogP contribution in [-0.2, 0) is 16.5 Å². The van der Waals surface area contributed by atoms with Crippen LogP contribution in [0.4, 0.5) is 0 Å². The van der Waals surface area contributed by atoms with Crippen molar-refractivity contribution in [1.82, 2.24) is 0 Å². The van der Waals surface area contributed by atoms with E-state index < -0.39 is 0 Å². The van der Waals surface area contributed by atoms with Crippen molar-refractivity contribution >= 4 is 0 Å². The second kappa shape index (κ2) is 12.0. The molecule has 0 nitrogen and oxygen atoms in total. The van der Waals surface area contributed by atoms with Crippen LogP contribution in [0.2, 0.25) is 0 Å². The molecule has 21 heavy (non-hydrogen) atoms. The van der Waals surface area contributed by atoms with Gasteiger partial charge in [-0.3, -0.25) is 0 Å². The molecule has 122 valence electrons. The van der Waals surface area contributed by atoms with E-state index in [0.29, 0.717) is 0 Å². The van der Waals surface area contributed by atoms with Crippen molar-refractivity contribution in [2.75, 3.05) is 0 Å². The van der Waals surface area contributed by atoms with Crippen LogP contribution < -0.4 is 0 Å². The Hall–Kier alpha value is -0.546. The standard InChI is InChI=1S/2C10H16.Ni/c2*1-9-5-3-7-10(2)8-4-6-9;/h2*3-5,8-10H,6-7H2,1-2H3;. The molecule has 1 heteroatoms. The first-order chi connectivity index (χ1) is 9.58. The smallest absolute Gasteiger partial charge is 0 e. The quantitative estimate of drug-likeness (QED) is 0.359. The minimum Gasteiger partial charge on any atom is -0.0877 e. The van der Waals surface area contributed by atoms with Gasteiger partial charge in [-0.2, -0.15) is 0 Å². The minimum atomic E-state index is 0. The predicted molar refractivity (Wildman–Crippen MR) is 91.7 cm³/mol. The molecule has 0 spiro atoms. The van der Waals surface area contributed by atoms with Gasteiger partial charge in [-0.1, -0.05) is 76.3 Å². The van der Waals surface area contributed by atoms with Gasteiger partial charge in [0.2, 0.25) is 0 Å². The molecule has 4 unspecified atom stereocenters. The zero-order valence-corrected chi connectivity index (χ0v) is 15.1. The van der Waals surface area contributed by atoms with Gasteiger partial charge in [0, 0.05) is 16.5 Å². The number of hydrogen-bond acceptors (Lipinski definition) is 0. The first-order valence-electron chi connectivity index (χ1n) is 8.24. The molecule has 0 radical (unpaired) electrons. The van der Waals surface area contributed by atoms with Crippen LogP contribution in [-0.4, -0.2) is 0 Å². The molecule has 2 aliphatic carbocycles. The third-order valence-corrected chi connectivity index (χ3v) is 3.89. The van der Waals surface area contributed by atoms with Crippen LogP contribution >= 0.6 is 0 Å². The van der Waals surface area contributed by atoms with Gasteiger partial charge < -0.3 is 0 Å². The minimum absolute atomic E-state index is 0. The van der Waals surface area contributed by atoms with Crippen LogP contribution in [0.15, 0.2) is 48.6 Å². The van der Waals surface area contributed by atoms with Crippen molar-refractivity contribution in [1.29, 1.82) is 0 Å². The molecule has 0 fully saturated rings.